The summed E-state index contributed by atoms with van der Waals surface area (Å²) in [5.74, 6) is -0.535. The van der Waals surface area contributed by atoms with Crippen molar-refractivity contribution in [3.05, 3.63) is 82.6 Å². The summed E-state index contributed by atoms with van der Waals surface area (Å²) in [5.41, 5.74) is 3.04. The van der Waals surface area contributed by atoms with Gasteiger partial charge in [0.05, 0.1) is 30.5 Å². The Kier molecular flexibility index (Phi) is 6.67. The third-order valence-corrected chi connectivity index (χ3v) is 4.64. The summed E-state index contributed by atoms with van der Waals surface area (Å²) in [4.78, 5) is 24.8. The van der Waals surface area contributed by atoms with E-state index in [1.165, 1.54) is 0 Å². The second-order valence-corrected chi connectivity index (χ2v) is 7.42. The van der Waals surface area contributed by atoms with Crippen LogP contribution in [-0.4, -0.2) is 28.1 Å². The molecule has 1 aromatic heterocycles. The van der Waals surface area contributed by atoms with Gasteiger partial charge in [-0.15, -0.1) is 0 Å². The molecule has 3 aromatic rings. The van der Waals surface area contributed by atoms with Gasteiger partial charge in [-0.05, 0) is 35.7 Å². The molecule has 0 saturated heterocycles. The van der Waals surface area contributed by atoms with Crippen molar-refractivity contribution in [1.82, 2.24) is 15.1 Å². The van der Waals surface area contributed by atoms with Gasteiger partial charge >= 0.3 is 0 Å². The molecule has 3 rings (SSSR count). The van der Waals surface area contributed by atoms with Crippen molar-refractivity contribution in [3.63, 3.8) is 0 Å². The van der Waals surface area contributed by atoms with Crippen molar-refractivity contribution < 1.29 is 9.59 Å². The largest absolute Gasteiger partial charge is 0.343 e. The molecule has 0 fully saturated rings. The van der Waals surface area contributed by atoms with E-state index in [0.29, 0.717) is 22.8 Å². The standard InChI is InChI=1S/C22H23ClN4O2/c1-15(2)21-19(12-25-27(21)14-16-6-4-3-5-7-16)22(29)24-13-20(28)26-18-10-8-17(23)9-11-18/h3-12,15H,13-14H2,1-2H3,(H,24,29)(H,26,28). The van der Waals surface area contributed by atoms with E-state index in [4.69, 9.17) is 11.6 Å². The fourth-order valence-electron chi connectivity index (χ4n) is 3.06. The molecule has 6 nitrogen and oxygen atoms in total. The van der Waals surface area contributed by atoms with E-state index in [1.807, 2.05) is 48.9 Å². The first-order valence-corrected chi connectivity index (χ1v) is 9.75. The van der Waals surface area contributed by atoms with E-state index in [2.05, 4.69) is 15.7 Å². The lowest BCUT2D eigenvalue weighted by atomic mass is 10.0. The van der Waals surface area contributed by atoms with Gasteiger partial charge in [-0.1, -0.05) is 55.8 Å². The molecule has 0 unspecified atom stereocenters. The number of halogens is 1. The highest BCUT2D eigenvalue weighted by molar-refractivity contribution is 6.30. The van der Waals surface area contributed by atoms with Gasteiger partial charge in [0.2, 0.25) is 5.91 Å². The molecule has 2 aromatic carbocycles. The molecular formula is C22H23ClN4O2. The predicted molar refractivity (Wildman–Crippen MR) is 114 cm³/mol. The van der Waals surface area contributed by atoms with Crippen molar-refractivity contribution in [2.75, 3.05) is 11.9 Å². The molecule has 0 bridgehead atoms. The van der Waals surface area contributed by atoms with Crippen molar-refractivity contribution in [3.8, 4) is 0 Å². The van der Waals surface area contributed by atoms with Gasteiger partial charge in [-0.3, -0.25) is 14.3 Å². The van der Waals surface area contributed by atoms with E-state index in [0.717, 1.165) is 11.3 Å². The van der Waals surface area contributed by atoms with Crippen LogP contribution >= 0.6 is 11.6 Å². The lowest BCUT2D eigenvalue weighted by Gasteiger charge is -2.13. The first-order chi connectivity index (χ1) is 13.9. The monoisotopic (exact) mass is 410 g/mol. The molecule has 0 aliphatic carbocycles. The number of anilines is 1. The zero-order valence-electron chi connectivity index (χ0n) is 16.4. The number of hydrogen-bond donors (Lipinski definition) is 2. The Bertz CT molecular complexity index is 982. The average Bonchev–Trinajstić information content (AvgIpc) is 3.12. The van der Waals surface area contributed by atoms with E-state index in [1.54, 1.807) is 30.5 Å². The highest BCUT2D eigenvalue weighted by atomic mass is 35.5. The molecule has 0 atom stereocenters. The number of hydrogen-bond acceptors (Lipinski definition) is 3. The Morgan fingerprint density at radius 3 is 2.41 bits per heavy atom. The molecule has 150 valence electrons. The second-order valence-electron chi connectivity index (χ2n) is 6.98. The fourth-order valence-corrected chi connectivity index (χ4v) is 3.18. The number of carbonyl (C=O) groups is 2. The Hall–Kier alpha value is -3.12. The number of carbonyl (C=O) groups excluding carboxylic acids is 2. The van der Waals surface area contributed by atoms with Crippen molar-refractivity contribution in [2.45, 2.75) is 26.3 Å². The van der Waals surface area contributed by atoms with Crippen LogP contribution in [-0.2, 0) is 11.3 Å². The minimum Gasteiger partial charge on any atom is -0.343 e. The first-order valence-electron chi connectivity index (χ1n) is 9.37. The maximum atomic E-state index is 12.7. The highest BCUT2D eigenvalue weighted by Crippen LogP contribution is 2.20. The lowest BCUT2D eigenvalue weighted by molar-refractivity contribution is -0.115. The Labute approximate surface area is 174 Å². The van der Waals surface area contributed by atoms with Crippen LogP contribution in [0.1, 0.15) is 41.4 Å². The molecule has 0 radical (unpaired) electrons. The Morgan fingerprint density at radius 1 is 1.07 bits per heavy atom. The van der Waals surface area contributed by atoms with Crippen LogP contribution in [0.4, 0.5) is 5.69 Å². The minimum absolute atomic E-state index is 0.102. The van der Waals surface area contributed by atoms with Crippen molar-refractivity contribution in [2.24, 2.45) is 0 Å². The maximum absolute atomic E-state index is 12.7. The van der Waals surface area contributed by atoms with Gasteiger partial charge in [0.15, 0.2) is 0 Å². The van der Waals surface area contributed by atoms with Crippen LogP contribution in [0.3, 0.4) is 0 Å². The zero-order chi connectivity index (χ0) is 20.8. The topological polar surface area (TPSA) is 76.0 Å². The van der Waals surface area contributed by atoms with E-state index >= 15 is 0 Å². The summed E-state index contributed by atoms with van der Waals surface area (Å²) < 4.78 is 1.84. The third-order valence-electron chi connectivity index (χ3n) is 4.38. The van der Waals surface area contributed by atoms with Crippen LogP contribution in [0.5, 0.6) is 0 Å². The molecule has 0 spiro atoms. The van der Waals surface area contributed by atoms with Crippen LogP contribution in [0.25, 0.3) is 0 Å². The van der Waals surface area contributed by atoms with Crippen molar-refractivity contribution >= 4 is 29.1 Å². The molecule has 0 saturated carbocycles. The molecule has 2 amide bonds. The average molecular weight is 411 g/mol. The summed E-state index contributed by atoms with van der Waals surface area (Å²) >= 11 is 5.83. The smallest absolute Gasteiger partial charge is 0.255 e. The van der Waals surface area contributed by atoms with Gasteiger partial charge in [0.1, 0.15) is 0 Å². The quantitative estimate of drug-likeness (QED) is 0.616. The van der Waals surface area contributed by atoms with Gasteiger partial charge in [0.25, 0.3) is 5.91 Å². The SMILES string of the molecule is CC(C)c1c(C(=O)NCC(=O)Nc2ccc(Cl)cc2)cnn1Cc1ccccc1. The predicted octanol–water partition coefficient (Wildman–Crippen LogP) is 4.08. The first kappa shape index (κ1) is 20.6. The molecule has 7 heteroatoms. The molecule has 29 heavy (non-hydrogen) atoms. The number of benzene rings is 2. The molecular weight excluding hydrogens is 388 g/mol. The van der Waals surface area contributed by atoms with Gasteiger partial charge in [-0.2, -0.15) is 5.10 Å². The Balaban J connectivity index is 1.65. The maximum Gasteiger partial charge on any atom is 0.255 e. The minimum atomic E-state index is -0.320. The summed E-state index contributed by atoms with van der Waals surface area (Å²) in [6, 6.07) is 16.7. The number of rotatable bonds is 7. The highest BCUT2D eigenvalue weighted by Gasteiger charge is 2.20. The molecule has 1 heterocycles. The van der Waals surface area contributed by atoms with Crippen molar-refractivity contribution in [1.29, 1.82) is 0 Å². The van der Waals surface area contributed by atoms with Gasteiger partial charge in [-0.25, -0.2) is 0 Å². The van der Waals surface area contributed by atoms with Crippen LogP contribution < -0.4 is 10.6 Å². The number of aromatic nitrogens is 2. The number of nitrogens with one attached hydrogen (secondary N) is 2. The summed E-state index contributed by atoms with van der Waals surface area (Å²) in [6.07, 6.45) is 1.56. The van der Waals surface area contributed by atoms with E-state index < -0.39 is 0 Å². The Morgan fingerprint density at radius 2 is 1.76 bits per heavy atom. The summed E-state index contributed by atoms with van der Waals surface area (Å²) in [5, 5.41) is 10.4. The van der Waals surface area contributed by atoms with E-state index in [9.17, 15) is 9.59 Å². The molecule has 0 aliphatic heterocycles. The normalized spacial score (nSPS) is 10.8. The van der Waals surface area contributed by atoms with Crippen LogP contribution in [0.2, 0.25) is 5.02 Å². The van der Waals surface area contributed by atoms with Crippen LogP contribution in [0, 0.1) is 0 Å². The molecule has 0 aliphatic rings. The van der Waals surface area contributed by atoms with Gasteiger partial charge in [0, 0.05) is 10.7 Å². The zero-order valence-corrected chi connectivity index (χ0v) is 17.1. The van der Waals surface area contributed by atoms with Gasteiger partial charge < -0.3 is 10.6 Å². The van der Waals surface area contributed by atoms with Crippen LogP contribution in [0.15, 0.2) is 60.8 Å². The number of nitrogens with zero attached hydrogens (tertiary/aromatic N) is 2. The summed E-state index contributed by atoms with van der Waals surface area (Å²) in [7, 11) is 0. The summed E-state index contributed by atoms with van der Waals surface area (Å²) in [6.45, 7) is 4.48. The number of amides is 2. The lowest BCUT2D eigenvalue weighted by Crippen LogP contribution is -2.33. The fraction of sp³-hybridized carbons (Fsp3) is 0.227. The molecule has 2 N–H and O–H groups in total. The second kappa shape index (κ2) is 9.39. The van der Waals surface area contributed by atoms with E-state index in [-0.39, 0.29) is 24.3 Å². The third kappa shape index (κ3) is 5.45.